The summed E-state index contributed by atoms with van der Waals surface area (Å²) in [6, 6.07) is 8.50. The predicted molar refractivity (Wildman–Crippen MR) is 86.8 cm³/mol. The van der Waals surface area contributed by atoms with Crippen LogP contribution in [0, 0.1) is 6.92 Å². The quantitative estimate of drug-likeness (QED) is 0.854. The van der Waals surface area contributed by atoms with Gasteiger partial charge in [-0.25, -0.2) is 4.79 Å². The van der Waals surface area contributed by atoms with Gasteiger partial charge in [0.15, 0.2) is 0 Å². The number of esters is 1. The van der Waals surface area contributed by atoms with Crippen molar-refractivity contribution in [1.82, 2.24) is 0 Å². The van der Waals surface area contributed by atoms with E-state index in [1.54, 1.807) is 6.92 Å². The average molecular weight is 301 g/mol. The third-order valence-electron chi connectivity index (χ3n) is 3.84. The highest BCUT2D eigenvalue weighted by molar-refractivity contribution is 7.16. The fourth-order valence-electron chi connectivity index (χ4n) is 2.66. The third kappa shape index (κ3) is 2.68. The molecule has 110 valence electrons. The molecule has 1 aliphatic rings. The smallest absolute Gasteiger partial charge is 0.341 e. The largest absolute Gasteiger partial charge is 0.462 e. The lowest BCUT2D eigenvalue weighted by Gasteiger charge is -2.07. The van der Waals surface area contributed by atoms with E-state index in [9.17, 15) is 4.79 Å². The van der Waals surface area contributed by atoms with Crippen molar-refractivity contribution in [3.05, 3.63) is 40.3 Å². The highest BCUT2D eigenvalue weighted by Crippen LogP contribution is 2.42. The molecule has 21 heavy (non-hydrogen) atoms. The number of aryl methyl sites for hydroxylation is 1. The van der Waals surface area contributed by atoms with Gasteiger partial charge in [0, 0.05) is 10.4 Å². The van der Waals surface area contributed by atoms with E-state index < -0.39 is 0 Å². The van der Waals surface area contributed by atoms with Gasteiger partial charge in [0.25, 0.3) is 0 Å². The van der Waals surface area contributed by atoms with Crippen LogP contribution in [0.2, 0.25) is 0 Å². The van der Waals surface area contributed by atoms with Gasteiger partial charge in [0.2, 0.25) is 0 Å². The van der Waals surface area contributed by atoms with Crippen molar-refractivity contribution in [2.24, 2.45) is 0 Å². The molecule has 0 atom stereocenters. The number of benzene rings is 1. The zero-order valence-corrected chi connectivity index (χ0v) is 13.1. The van der Waals surface area contributed by atoms with Crippen LogP contribution in [0.4, 0.5) is 5.00 Å². The Labute approximate surface area is 128 Å². The van der Waals surface area contributed by atoms with Crippen LogP contribution in [0.25, 0.3) is 11.1 Å². The van der Waals surface area contributed by atoms with Crippen molar-refractivity contribution in [3.8, 4) is 11.1 Å². The Morgan fingerprint density at radius 1 is 1.33 bits per heavy atom. The summed E-state index contributed by atoms with van der Waals surface area (Å²) in [6.45, 7) is 4.15. The molecule has 3 nitrogen and oxygen atoms in total. The Hall–Kier alpha value is -1.81. The number of carbonyl (C=O) groups excluding carboxylic acids is 1. The number of nitrogen functional groups attached to an aromatic ring is 1. The summed E-state index contributed by atoms with van der Waals surface area (Å²) in [6.07, 6.45) is 2.58. The molecule has 0 amide bonds. The topological polar surface area (TPSA) is 52.3 Å². The molecule has 1 aliphatic carbocycles. The lowest BCUT2D eigenvalue weighted by atomic mass is 9.99. The zero-order chi connectivity index (χ0) is 15.0. The van der Waals surface area contributed by atoms with Gasteiger partial charge >= 0.3 is 5.97 Å². The summed E-state index contributed by atoms with van der Waals surface area (Å²) < 4.78 is 5.14. The fourth-order valence-corrected chi connectivity index (χ4v) is 3.60. The van der Waals surface area contributed by atoms with E-state index in [0.29, 0.717) is 17.2 Å². The molecule has 3 rings (SSSR count). The van der Waals surface area contributed by atoms with Gasteiger partial charge in [-0.05, 0) is 43.7 Å². The second-order valence-electron chi connectivity index (χ2n) is 5.39. The van der Waals surface area contributed by atoms with Crippen molar-refractivity contribution in [1.29, 1.82) is 0 Å². The number of hydrogen-bond acceptors (Lipinski definition) is 4. The minimum Gasteiger partial charge on any atom is -0.462 e. The molecule has 0 saturated heterocycles. The van der Waals surface area contributed by atoms with Crippen LogP contribution >= 0.6 is 11.3 Å². The summed E-state index contributed by atoms with van der Waals surface area (Å²) in [4.78, 5) is 13.2. The van der Waals surface area contributed by atoms with Crippen LogP contribution < -0.4 is 5.73 Å². The first kappa shape index (κ1) is 14.1. The number of carbonyl (C=O) groups is 1. The highest BCUT2D eigenvalue weighted by Gasteiger charge is 2.25. The van der Waals surface area contributed by atoms with E-state index in [1.807, 2.05) is 6.92 Å². The molecule has 4 heteroatoms. The first-order chi connectivity index (χ1) is 10.1. The standard InChI is InChI=1S/C17H19NO2S/c1-3-20-17(19)15-14(10(2)21-16(15)18)13-8-6-12(7-9-13)11-4-5-11/h6-9,11H,3-5,18H2,1-2H3. The maximum Gasteiger partial charge on any atom is 0.341 e. The van der Waals surface area contributed by atoms with Crippen LogP contribution in [0.15, 0.2) is 24.3 Å². The van der Waals surface area contributed by atoms with Gasteiger partial charge in [-0.1, -0.05) is 24.3 Å². The van der Waals surface area contributed by atoms with E-state index in [4.69, 9.17) is 10.5 Å². The van der Waals surface area contributed by atoms with Crippen LogP contribution in [0.1, 0.15) is 46.5 Å². The number of rotatable bonds is 4. The molecule has 1 saturated carbocycles. The normalized spacial score (nSPS) is 14.2. The predicted octanol–water partition coefficient (Wildman–Crippen LogP) is 4.36. The number of nitrogens with two attached hydrogens (primary N) is 1. The van der Waals surface area contributed by atoms with E-state index in [-0.39, 0.29) is 5.97 Å². The molecule has 2 N–H and O–H groups in total. The number of thiophene rings is 1. The molecule has 0 bridgehead atoms. The molecule has 0 radical (unpaired) electrons. The second-order valence-corrected chi connectivity index (χ2v) is 6.65. The molecule has 0 aliphatic heterocycles. The van der Waals surface area contributed by atoms with Gasteiger partial charge in [-0.3, -0.25) is 0 Å². The Kier molecular flexibility index (Phi) is 3.72. The summed E-state index contributed by atoms with van der Waals surface area (Å²) in [5.41, 5.74) is 9.87. The molecule has 1 heterocycles. The van der Waals surface area contributed by atoms with Crippen LogP contribution in [-0.4, -0.2) is 12.6 Å². The van der Waals surface area contributed by atoms with Crippen molar-refractivity contribution in [2.45, 2.75) is 32.6 Å². The maximum absolute atomic E-state index is 12.2. The molecular formula is C17H19NO2S. The lowest BCUT2D eigenvalue weighted by molar-refractivity contribution is 0.0529. The minimum atomic E-state index is -0.333. The van der Waals surface area contributed by atoms with E-state index in [0.717, 1.165) is 21.9 Å². The number of ether oxygens (including phenoxy) is 1. The Balaban J connectivity index is 2.02. The summed E-state index contributed by atoms with van der Waals surface area (Å²) in [7, 11) is 0. The van der Waals surface area contributed by atoms with Crippen molar-refractivity contribution in [2.75, 3.05) is 12.3 Å². The number of hydrogen-bond donors (Lipinski definition) is 1. The Morgan fingerprint density at radius 3 is 2.57 bits per heavy atom. The summed E-state index contributed by atoms with van der Waals surface area (Å²) in [5.74, 6) is 0.401. The Bertz CT molecular complexity index is 669. The molecule has 1 aromatic heterocycles. The first-order valence-corrected chi connectivity index (χ1v) is 8.09. The monoisotopic (exact) mass is 301 g/mol. The highest BCUT2D eigenvalue weighted by atomic mass is 32.1. The maximum atomic E-state index is 12.2. The molecule has 0 unspecified atom stereocenters. The van der Waals surface area contributed by atoms with Gasteiger partial charge < -0.3 is 10.5 Å². The summed E-state index contributed by atoms with van der Waals surface area (Å²) >= 11 is 1.44. The van der Waals surface area contributed by atoms with E-state index in [1.165, 1.54) is 29.7 Å². The van der Waals surface area contributed by atoms with Crippen LogP contribution in [-0.2, 0) is 4.74 Å². The van der Waals surface area contributed by atoms with Crippen molar-refractivity contribution >= 4 is 22.3 Å². The first-order valence-electron chi connectivity index (χ1n) is 7.28. The molecule has 2 aromatic rings. The van der Waals surface area contributed by atoms with E-state index >= 15 is 0 Å². The molecule has 1 fully saturated rings. The third-order valence-corrected chi connectivity index (χ3v) is 4.77. The molecule has 0 spiro atoms. The zero-order valence-electron chi connectivity index (χ0n) is 12.3. The van der Waals surface area contributed by atoms with Crippen molar-refractivity contribution in [3.63, 3.8) is 0 Å². The Morgan fingerprint density at radius 2 is 2.00 bits per heavy atom. The SMILES string of the molecule is CCOC(=O)c1c(N)sc(C)c1-c1ccc(C2CC2)cc1. The number of anilines is 1. The van der Waals surface area contributed by atoms with Crippen LogP contribution in [0.3, 0.4) is 0 Å². The molecule has 1 aromatic carbocycles. The minimum absolute atomic E-state index is 0.333. The van der Waals surface area contributed by atoms with Crippen molar-refractivity contribution < 1.29 is 9.53 Å². The van der Waals surface area contributed by atoms with E-state index in [2.05, 4.69) is 24.3 Å². The average Bonchev–Trinajstić information content (AvgIpc) is 3.25. The lowest BCUT2D eigenvalue weighted by Crippen LogP contribution is -2.07. The van der Waals surface area contributed by atoms with Gasteiger partial charge in [0.05, 0.1) is 6.61 Å². The van der Waals surface area contributed by atoms with Gasteiger partial charge in [0.1, 0.15) is 10.6 Å². The summed E-state index contributed by atoms with van der Waals surface area (Å²) in [5, 5.41) is 0.534. The molecular weight excluding hydrogens is 282 g/mol. The fraction of sp³-hybridized carbons (Fsp3) is 0.353. The van der Waals surface area contributed by atoms with Gasteiger partial charge in [-0.2, -0.15) is 0 Å². The second kappa shape index (κ2) is 5.53. The van der Waals surface area contributed by atoms with Crippen LogP contribution in [0.5, 0.6) is 0 Å². The van der Waals surface area contributed by atoms with Gasteiger partial charge in [-0.15, -0.1) is 11.3 Å².